The summed E-state index contributed by atoms with van der Waals surface area (Å²) in [6.07, 6.45) is 1.82. The van der Waals surface area contributed by atoms with Gasteiger partial charge in [0.05, 0.1) is 6.61 Å². The molecule has 1 fully saturated rings. The average molecular weight is 361 g/mol. The molecule has 138 valence electrons. The van der Waals surface area contributed by atoms with Crippen LogP contribution in [0.1, 0.15) is 27.9 Å². The number of likely N-dealkylation sites (tertiary alicyclic amines) is 1. The smallest absolute Gasteiger partial charge is 0.387 e. The second kappa shape index (κ2) is 8.27. The highest BCUT2D eigenvalue weighted by Crippen LogP contribution is 2.24. The van der Waals surface area contributed by atoms with Gasteiger partial charge in [-0.15, -0.1) is 0 Å². The molecule has 0 spiro atoms. The zero-order valence-corrected chi connectivity index (χ0v) is 14.3. The van der Waals surface area contributed by atoms with E-state index in [1.807, 2.05) is 24.3 Å². The summed E-state index contributed by atoms with van der Waals surface area (Å²) in [5.74, 6) is 0.342. The number of halogens is 2. The van der Waals surface area contributed by atoms with E-state index in [0.717, 1.165) is 18.4 Å². The van der Waals surface area contributed by atoms with Gasteiger partial charge in [0.25, 0.3) is 5.91 Å². The lowest BCUT2D eigenvalue weighted by molar-refractivity contribution is -0.0498. The van der Waals surface area contributed by atoms with Gasteiger partial charge >= 0.3 is 6.61 Å². The summed E-state index contributed by atoms with van der Waals surface area (Å²) in [5.41, 5.74) is 2.55. The van der Waals surface area contributed by atoms with Crippen LogP contribution >= 0.6 is 0 Å². The zero-order chi connectivity index (χ0) is 18.5. The van der Waals surface area contributed by atoms with E-state index in [1.165, 1.54) is 29.8 Å². The SMILES string of the molecule is O=C(c1ccc(OC(F)F)cc1)N1CCC(Cc2ccc(CO)cc2)C1. The molecule has 0 bridgehead atoms. The number of benzene rings is 2. The first kappa shape index (κ1) is 18.3. The fraction of sp³-hybridized carbons (Fsp3) is 0.350. The van der Waals surface area contributed by atoms with Gasteiger partial charge in [-0.05, 0) is 54.2 Å². The lowest BCUT2D eigenvalue weighted by Gasteiger charge is -2.17. The third-order valence-electron chi connectivity index (χ3n) is 4.63. The molecule has 1 saturated heterocycles. The molecule has 1 heterocycles. The quantitative estimate of drug-likeness (QED) is 0.857. The van der Waals surface area contributed by atoms with Gasteiger partial charge in [0.2, 0.25) is 0 Å². The molecule has 1 aliphatic rings. The number of nitrogens with zero attached hydrogens (tertiary/aromatic N) is 1. The van der Waals surface area contributed by atoms with Crippen LogP contribution in [0.3, 0.4) is 0 Å². The first-order valence-corrected chi connectivity index (χ1v) is 8.58. The molecule has 3 rings (SSSR count). The molecule has 0 radical (unpaired) electrons. The lowest BCUT2D eigenvalue weighted by atomic mass is 9.98. The van der Waals surface area contributed by atoms with E-state index in [9.17, 15) is 13.6 Å². The highest BCUT2D eigenvalue weighted by atomic mass is 19.3. The van der Waals surface area contributed by atoms with Crippen LogP contribution in [-0.4, -0.2) is 35.6 Å². The summed E-state index contributed by atoms with van der Waals surface area (Å²) in [5, 5.41) is 9.09. The normalized spacial score (nSPS) is 16.9. The average Bonchev–Trinajstić information content (AvgIpc) is 3.10. The van der Waals surface area contributed by atoms with Gasteiger partial charge in [0.15, 0.2) is 0 Å². The van der Waals surface area contributed by atoms with Gasteiger partial charge in [-0.2, -0.15) is 8.78 Å². The molecule has 1 unspecified atom stereocenters. The van der Waals surface area contributed by atoms with E-state index >= 15 is 0 Å². The van der Waals surface area contributed by atoms with Crippen molar-refractivity contribution in [1.29, 1.82) is 0 Å². The van der Waals surface area contributed by atoms with E-state index < -0.39 is 6.61 Å². The van der Waals surface area contributed by atoms with Crippen LogP contribution in [0.15, 0.2) is 48.5 Å². The van der Waals surface area contributed by atoms with Crippen molar-refractivity contribution in [3.05, 3.63) is 65.2 Å². The van der Waals surface area contributed by atoms with Crippen molar-refractivity contribution in [2.45, 2.75) is 26.1 Å². The number of aliphatic hydroxyl groups excluding tert-OH is 1. The molecule has 2 aromatic rings. The topological polar surface area (TPSA) is 49.8 Å². The standard InChI is InChI=1S/C20H21F2NO3/c21-20(22)26-18-7-5-17(6-8-18)19(25)23-10-9-16(12-23)11-14-1-3-15(13-24)4-2-14/h1-8,16,20,24H,9-13H2. The van der Waals surface area contributed by atoms with Gasteiger partial charge in [-0.1, -0.05) is 24.3 Å². The minimum atomic E-state index is -2.87. The summed E-state index contributed by atoms with van der Waals surface area (Å²) in [4.78, 5) is 14.4. The number of ether oxygens (including phenoxy) is 1. The molecule has 0 aliphatic carbocycles. The fourth-order valence-electron chi connectivity index (χ4n) is 3.26. The third-order valence-corrected chi connectivity index (χ3v) is 4.63. The molecule has 1 atom stereocenters. The van der Waals surface area contributed by atoms with Crippen LogP contribution in [0.4, 0.5) is 8.78 Å². The van der Waals surface area contributed by atoms with E-state index in [1.54, 1.807) is 4.90 Å². The number of carbonyl (C=O) groups is 1. The number of carbonyl (C=O) groups excluding carboxylic acids is 1. The number of rotatable bonds is 6. The van der Waals surface area contributed by atoms with Crippen molar-refractivity contribution >= 4 is 5.91 Å². The second-order valence-electron chi connectivity index (χ2n) is 6.49. The number of hydrogen-bond acceptors (Lipinski definition) is 3. The summed E-state index contributed by atoms with van der Waals surface area (Å²) in [7, 11) is 0. The molecular weight excluding hydrogens is 340 g/mol. The van der Waals surface area contributed by atoms with E-state index in [4.69, 9.17) is 5.11 Å². The fourth-order valence-corrected chi connectivity index (χ4v) is 3.26. The van der Waals surface area contributed by atoms with Crippen molar-refractivity contribution in [3.63, 3.8) is 0 Å². The molecule has 2 aromatic carbocycles. The Balaban J connectivity index is 1.56. The number of aliphatic hydroxyl groups is 1. The minimum absolute atomic E-state index is 0.0349. The largest absolute Gasteiger partial charge is 0.435 e. The minimum Gasteiger partial charge on any atom is -0.435 e. The Kier molecular flexibility index (Phi) is 5.83. The van der Waals surface area contributed by atoms with Crippen molar-refractivity contribution in [3.8, 4) is 5.75 Å². The lowest BCUT2D eigenvalue weighted by Crippen LogP contribution is -2.28. The molecule has 1 aliphatic heterocycles. The Morgan fingerprint density at radius 2 is 1.77 bits per heavy atom. The Bertz CT molecular complexity index is 732. The van der Waals surface area contributed by atoms with Crippen LogP contribution in [0.25, 0.3) is 0 Å². The van der Waals surface area contributed by atoms with Crippen LogP contribution in [0.2, 0.25) is 0 Å². The zero-order valence-electron chi connectivity index (χ0n) is 14.3. The molecule has 1 N–H and O–H groups in total. The van der Waals surface area contributed by atoms with Gasteiger partial charge in [-0.3, -0.25) is 4.79 Å². The Hall–Kier alpha value is -2.47. The molecule has 0 aromatic heterocycles. The molecule has 1 amide bonds. The predicted octanol–water partition coefficient (Wildman–Crippen LogP) is 3.49. The number of alkyl halides is 2. The summed E-state index contributed by atoms with van der Waals surface area (Å²) >= 11 is 0. The van der Waals surface area contributed by atoms with Crippen molar-refractivity contribution in [2.24, 2.45) is 5.92 Å². The highest BCUT2D eigenvalue weighted by Gasteiger charge is 2.27. The molecule has 0 saturated carbocycles. The maximum absolute atomic E-state index is 12.6. The molecule has 4 nitrogen and oxygen atoms in total. The van der Waals surface area contributed by atoms with Gasteiger partial charge in [0, 0.05) is 18.7 Å². The monoisotopic (exact) mass is 361 g/mol. The molecular formula is C20H21F2NO3. The molecule has 26 heavy (non-hydrogen) atoms. The Morgan fingerprint density at radius 3 is 2.38 bits per heavy atom. The molecule has 6 heteroatoms. The maximum Gasteiger partial charge on any atom is 0.387 e. The summed E-state index contributed by atoms with van der Waals surface area (Å²) in [6, 6.07) is 13.6. The summed E-state index contributed by atoms with van der Waals surface area (Å²) < 4.78 is 28.7. The van der Waals surface area contributed by atoms with Gasteiger partial charge in [-0.25, -0.2) is 0 Å². The van der Waals surface area contributed by atoms with Crippen LogP contribution < -0.4 is 4.74 Å². The van der Waals surface area contributed by atoms with Gasteiger partial charge < -0.3 is 14.7 Å². The van der Waals surface area contributed by atoms with Gasteiger partial charge in [0.1, 0.15) is 5.75 Å². The van der Waals surface area contributed by atoms with Crippen LogP contribution in [0, 0.1) is 5.92 Å². The third kappa shape index (κ3) is 4.58. The summed E-state index contributed by atoms with van der Waals surface area (Å²) in [6.45, 7) is -1.47. The Morgan fingerprint density at radius 1 is 1.12 bits per heavy atom. The first-order valence-electron chi connectivity index (χ1n) is 8.58. The number of hydrogen-bond donors (Lipinski definition) is 1. The van der Waals surface area contributed by atoms with Crippen molar-refractivity contribution in [2.75, 3.05) is 13.1 Å². The van der Waals surface area contributed by atoms with Crippen LogP contribution in [0.5, 0.6) is 5.75 Å². The van der Waals surface area contributed by atoms with E-state index in [0.29, 0.717) is 24.6 Å². The Labute approximate surface area is 151 Å². The van der Waals surface area contributed by atoms with Crippen molar-refractivity contribution < 1.29 is 23.4 Å². The van der Waals surface area contributed by atoms with Crippen molar-refractivity contribution in [1.82, 2.24) is 4.90 Å². The van der Waals surface area contributed by atoms with Crippen LogP contribution in [-0.2, 0) is 13.0 Å². The van der Waals surface area contributed by atoms with E-state index in [2.05, 4.69) is 4.74 Å². The second-order valence-corrected chi connectivity index (χ2v) is 6.49. The number of amides is 1. The highest BCUT2D eigenvalue weighted by molar-refractivity contribution is 5.94. The first-order chi connectivity index (χ1) is 12.5. The maximum atomic E-state index is 12.6. The van der Waals surface area contributed by atoms with E-state index in [-0.39, 0.29) is 18.3 Å². The predicted molar refractivity (Wildman–Crippen MR) is 93.2 cm³/mol.